The fraction of sp³-hybridized carbons (Fsp3) is 0.513. The summed E-state index contributed by atoms with van der Waals surface area (Å²) >= 11 is 0. The van der Waals surface area contributed by atoms with Crippen LogP contribution in [0.4, 0.5) is 5.69 Å². The van der Waals surface area contributed by atoms with Gasteiger partial charge in [-0.25, -0.2) is 0 Å². The number of nitrogens with zero attached hydrogens (tertiary/aromatic N) is 3. The van der Waals surface area contributed by atoms with Gasteiger partial charge in [-0.05, 0) is 62.6 Å². The second kappa shape index (κ2) is 14.6. The molecule has 1 spiro atoms. The molecule has 8 heteroatoms. The number of fused-ring (bicyclic) bond motifs is 1. The topological polar surface area (TPSA) is 90.4 Å². The van der Waals surface area contributed by atoms with E-state index in [2.05, 4.69) is 13.2 Å². The Labute approximate surface area is 280 Å². The van der Waals surface area contributed by atoms with E-state index in [1.165, 1.54) is 0 Å². The predicted octanol–water partition coefficient (Wildman–Crippen LogP) is 5.74. The van der Waals surface area contributed by atoms with Gasteiger partial charge in [0.25, 0.3) is 5.91 Å². The Balaban J connectivity index is 1.57. The lowest BCUT2D eigenvalue weighted by molar-refractivity contribution is -0.151. The lowest BCUT2D eigenvalue weighted by Crippen LogP contribution is -2.57. The number of likely N-dealkylation sites (tertiary alicyclic amines) is 1. The third-order valence-electron chi connectivity index (χ3n) is 10.7. The number of ether oxygens (including phenoxy) is 1. The molecule has 3 aliphatic rings. The minimum absolute atomic E-state index is 0.121. The standard InChI is InChI=1S/C39H51N3O5/c1-6-23-40(27-30-19-12-11-13-20-30)35(44)31-32-36(45)42(25-14-9-10-15-26-43)34(39(32)22-21-38(31,8-3)47-39)37(46)41(24-7-2)33-28(4)17-16-18-29(33)5/h6-7,11-13,16-20,31-32,34,43H,1-2,8-10,14-15,21-27H2,3-5H3/t31-,32-,34?,38+,39?/m0/s1. The van der Waals surface area contributed by atoms with Gasteiger partial charge in [0.1, 0.15) is 11.6 Å². The minimum atomic E-state index is -1.11. The van der Waals surface area contributed by atoms with Crippen molar-refractivity contribution in [3.05, 3.63) is 90.5 Å². The summed E-state index contributed by atoms with van der Waals surface area (Å²) in [5.74, 6) is -1.95. The lowest BCUT2D eigenvalue weighted by atomic mass is 9.64. The van der Waals surface area contributed by atoms with Crippen LogP contribution in [0.3, 0.4) is 0 Å². The van der Waals surface area contributed by atoms with Gasteiger partial charge in [-0.2, -0.15) is 0 Å². The zero-order valence-electron chi connectivity index (χ0n) is 28.3. The number of rotatable bonds is 16. The third-order valence-corrected chi connectivity index (χ3v) is 10.7. The highest BCUT2D eigenvalue weighted by molar-refractivity contribution is 6.05. The van der Waals surface area contributed by atoms with Crippen LogP contribution in [0.2, 0.25) is 0 Å². The van der Waals surface area contributed by atoms with Gasteiger partial charge in [-0.1, -0.05) is 80.4 Å². The smallest absolute Gasteiger partial charge is 0.253 e. The van der Waals surface area contributed by atoms with E-state index in [0.29, 0.717) is 51.7 Å². The Morgan fingerprint density at radius 1 is 0.957 bits per heavy atom. The summed E-state index contributed by atoms with van der Waals surface area (Å²) < 4.78 is 7.09. The molecule has 47 heavy (non-hydrogen) atoms. The average Bonchev–Trinajstić information content (AvgIpc) is 3.67. The predicted molar refractivity (Wildman–Crippen MR) is 185 cm³/mol. The number of carbonyl (C=O) groups excluding carboxylic acids is 3. The Morgan fingerprint density at radius 2 is 1.64 bits per heavy atom. The van der Waals surface area contributed by atoms with E-state index >= 15 is 4.79 Å². The van der Waals surface area contributed by atoms with Crippen molar-refractivity contribution in [1.29, 1.82) is 0 Å². The largest absolute Gasteiger partial charge is 0.396 e. The highest BCUT2D eigenvalue weighted by Gasteiger charge is 2.79. The highest BCUT2D eigenvalue weighted by Crippen LogP contribution is 2.64. The fourth-order valence-corrected chi connectivity index (χ4v) is 8.55. The van der Waals surface area contributed by atoms with E-state index in [-0.39, 0.29) is 30.9 Å². The zero-order chi connectivity index (χ0) is 33.8. The van der Waals surface area contributed by atoms with Crippen LogP contribution in [-0.2, 0) is 25.7 Å². The van der Waals surface area contributed by atoms with E-state index in [1.807, 2.05) is 69.3 Å². The van der Waals surface area contributed by atoms with Crippen molar-refractivity contribution < 1.29 is 24.2 Å². The molecule has 3 aliphatic heterocycles. The maximum absolute atomic E-state index is 15.1. The summed E-state index contributed by atoms with van der Waals surface area (Å²) in [6.45, 7) is 15.4. The van der Waals surface area contributed by atoms with E-state index in [0.717, 1.165) is 35.2 Å². The summed E-state index contributed by atoms with van der Waals surface area (Å²) in [5, 5.41) is 9.30. The molecule has 252 valence electrons. The van der Waals surface area contributed by atoms with Crippen LogP contribution in [0.15, 0.2) is 73.8 Å². The molecule has 3 amide bonds. The summed E-state index contributed by atoms with van der Waals surface area (Å²) in [7, 11) is 0. The normalized spacial score (nSPS) is 25.9. The minimum Gasteiger partial charge on any atom is -0.396 e. The number of aliphatic hydroxyl groups excluding tert-OH is 1. The van der Waals surface area contributed by atoms with Gasteiger partial charge in [-0.15, -0.1) is 13.2 Å². The van der Waals surface area contributed by atoms with Crippen molar-refractivity contribution in [1.82, 2.24) is 9.80 Å². The van der Waals surface area contributed by atoms with Gasteiger partial charge in [0.05, 0.1) is 17.4 Å². The molecular weight excluding hydrogens is 590 g/mol. The van der Waals surface area contributed by atoms with E-state index < -0.39 is 29.1 Å². The zero-order valence-corrected chi connectivity index (χ0v) is 28.3. The van der Waals surface area contributed by atoms with Crippen molar-refractivity contribution in [2.75, 3.05) is 31.1 Å². The second-order valence-electron chi connectivity index (χ2n) is 13.5. The number of carbonyl (C=O) groups is 3. The van der Waals surface area contributed by atoms with Gasteiger partial charge < -0.3 is 24.5 Å². The first kappa shape index (κ1) is 34.6. The van der Waals surface area contributed by atoms with Gasteiger partial charge in [0.2, 0.25) is 11.8 Å². The molecule has 2 aromatic rings. The van der Waals surface area contributed by atoms with Crippen molar-refractivity contribution >= 4 is 23.4 Å². The number of unbranched alkanes of at least 4 members (excludes halogenated alkanes) is 3. The highest BCUT2D eigenvalue weighted by atomic mass is 16.5. The quantitative estimate of drug-likeness (QED) is 0.186. The number of benzene rings is 2. The molecule has 1 N–H and O–H groups in total. The fourth-order valence-electron chi connectivity index (χ4n) is 8.55. The number of aliphatic hydroxyl groups is 1. The molecule has 2 unspecified atom stereocenters. The van der Waals surface area contributed by atoms with Crippen molar-refractivity contribution in [3.63, 3.8) is 0 Å². The van der Waals surface area contributed by atoms with Crippen molar-refractivity contribution in [2.45, 2.75) is 89.5 Å². The molecule has 8 nitrogen and oxygen atoms in total. The van der Waals surface area contributed by atoms with E-state index in [9.17, 15) is 14.7 Å². The Kier molecular flexibility index (Phi) is 10.7. The maximum atomic E-state index is 15.1. The van der Waals surface area contributed by atoms with Crippen LogP contribution in [-0.4, -0.2) is 76.1 Å². The van der Waals surface area contributed by atoms with Crippen LogP contribution in [0.25, 0.3) is 0 Å². The molecule has 5 atom stereocenters. The Bertz CT molecular complexity index is 1460. The molecule has 0 aliphatic carbocycles. The third kappa shape index (κ3) is 6.18. The van der Waals surface area contributed by atoms with Gasteiger partial charge in [0, 0.05) is 38.5 Å². The number of aryl methyl sites for hydroxylation is 2. The molecular formula is C39H51N3O5. The first-order valence-corrected chi connectivity index (χ1v) is 17.2. The number of anilines is 1. The molecule has 3 heterocycles. The van der Waals surface area contributed by atoms with Crippen LogP contribution >= 0.6 is 0 Å². The second-order valence-corrected chi connectivity index (χ2v) is 13.5. The number of para-hydroxylation sites is 1. The van der Waals surface area contributed by atoms with Crippen LogP contribution in [0.1, 0.15) is 68.6 Å². The first-order chi connectivity index (χ1) is 22.7. The Hall–Kier alpha value is -3.75. The van der Waals surface area contributed by atoms with Crippen LogP contribution < -0.4 is 4.90 Å². The molecule has 3 saturated heterocycles. The molecule has 5 rings (SSSR count). The molecule has 0 saturated carbocycles. The molecule has 2 aromatic carbocycles. The number of hydrogen-bond donors (Lipinski definition) is 1. The molecule has 3 fully saturated rings. The maximum Gasteiger partial charge on any atom is 0.253 e. The monoisotopic (exact) mass is 641 g/mol. The van der Waals surface area contributed by atoms with Crippen LogP contribution in [0, 0.1) is 25.7 Å². The first-order valence-electron chi connectivity index (χ1n) is 17.2. The Morgan fingerprint density at radius 3 is 2.28 bits per heavy atom. The van der Waals surface area contributed by atoms with E-state index in [4.69, 9.17) is 4.74 Å². The molecule has 2 bridgehead atoms. The summed E-state index contributed by atoms with van der Waals surface area (Å²) in [5.41, 5.74) is 1.79. The SMILES string of the molecule is C=CCN(Cc1ccccc1)C(=O)[C@@H]1[C@H]2C(=O)N(CCCCCCO)C(C(=O)N(CC=C)c3c(C)cccc3C)C23CC[C@@]1(CC)O3. The number of amides is 3. The van der Waals surface area contributed by atoms with Crippen molar-refractivity contribution in [3.8, 4) is 0 Å². The summed E-state index contributed by atoms with van der Waals surface area (Å²) in [4.78, 5) is 49.9. The van der Waals surface area contributed by atoms with Gasteiger partial charge in [0.15, 0.2) is 0 Å². The summed E-state index contributed by atoms with van der Waals surface area (Å²) in [6.07, 6.45) is 8.20. The molecule has 0 aromatic heterocycles. The average molecular weight is 642 g/mol. The van der Waals surface area contributed by atoms with Crippen LogP contribution in [0.5, 0.6) is 0 Å². The van der Waals surface area contributed by atoms with Gasteiger partial charge >= 0.3 is 0 Å². The number of hydrogen-bond acceptors (Lipinski definition) is 5. The summed E-state index contributed by atoms with van der Waals surface area (Å²) in [6, 6.07) is 14.9. The van der Waals surface area contributed by atoms with Gasteiger partial charge in [-0.3, -0.25) is 14.4 Å². The van der Waals surface area contributed by atoms with Crippen molar-refractivity contribution in [2.24, 2.45) is 11.8 Å². The molecule has 0 radical (unpaired) electrons. The van der Waals surface area contributed by atoms with E-state index in [1.54, 1.807) is 26.9 Å². The lowest BCUT2D eigenvalue weighted by Gasteiger charge is -2.37.